The van der Waals surface area contributed by atoms with Crippen LogP contribution in [-0.4, -0.2) is 39.6 Å². The first-order valence-corrected chi connectivity index (χ1v) is 9.78. The fraction of sp³-hybridized carbons (Fsp3) is 0.316. The van der Waals surface area contributed by atoms with Crippen LogP contribution in [0.3, 0.4) is 0 Å². The molecule has 2 aromatic carbocycles. The van der Waals surface area contributed by atoms with Crippen LogP contribution in [0.25, 0.3) is 0 Å². The standard InChI is InChI=1S/C19H23NO4S/c1-14(16-9-11-18(12-10-16)25(4,22)23)20(2)19(21)17-7-5-15(6-8-17)13-24-3/h5-12,14H,13H2,1-4H3. The molecule has 0 aromatic heterocycles. The number of amides is 1. The predicted octanol–water partition coefficient (Wildman–Crippen LogP) is 3.07. The van der Waals surface area contributed by atoms with Crippen LogP contribution in [0.15, 0.2) is 53.4 Å². The van der Waals surface area contributed by atoms with Gasteiger partial charge in [0, 0.05) is 26.0 Å². The van der Waals surface area contributed by atoms with E-state index in [4.69, 9.17) is 4.74 Å². The van der Waals surface area contributed by atoms with Gasteiger partial charge in [-0.25, -0.2) is 8.42 Å². The average molecular weight is 361 g/mol. The zero-order chi connectivity index (χ0) is 18.6. The molecule has 0 saturated carbocycles. The molecule has 25 heavy (non-hydrogen) atoms. The van der Waals surface area contributed by atoms with Gasteiger partial charge in [0.15, 0.2) is 9.84 Å². The predicted molar refractivity (Wildman–Crippen MR) is 97.2 cm³/mol. The highest BCUT2D eigenvalue weighted by molar-refractivity contribution is 7.90. The van der Waals surface area contributed by atoms with Crippen molar-refractivity contribution in [1.82, 2.24) is 4.90 Å². The van der Waals surface area contributed by atoms with Crippen molar-refractivity contribution in [3.05, 3.63) is 65.2 Å². The van der Waals surface area contributed by atoms with Gasteiger partial charge >= 0.3 is 0 Å². The largest absolute Gasteiger partial charge is 0.380 e. The highest BCUT2D eigenvalue weighted by atomic mass is 32.2. The van der Waals surface area contributed by atoms with Crippen LogP contribution < -0.4 is 0 Å². The molecule has 0 saturated heterocycles. The zero-order valence-electron chi connectivity index (χ0n) is 14.9. The molecule has 0 fully saturated rings. The first kappa shape index (κ1) is 19.1. The Morgan fingerprint density at radius 2 is 1.64 bits per heavy atom. The Bertz CT molecular complexity index is 827. The van der Waals surface area contributed by atoms with Gasteiger partial charge in [-0.1, -0.05) is 24.3 Å². The molecule has 0 N–H and O–H groups in total. The molecule has 0 aliphatic heterocycles. The van der Waals surface area contributed by atoms with E-state index < -0.39 is 9.84 Å². The van der Waals surface area contributed by atoms with E-state index in [-0.39, 0.29) is 16.8 Å². The van der Waals surface area contributed by atoms with Crippen molar-refractivity contribution in [2.45, 2.75) is 24.5 Å². The van der Waals surface area contributed by atoms with Crippen molar-refractivity contribution in [3.63, 3.8) is 0 Å². The van der Waals surface area contributed by atoms with Gasteiger partial charge in [0.05, 0.1) is 17.5 Å². The number of nitrogens with zero attached hydrogens (tertiary/aromatic N) is 1. The van der Waals surface area contributed by atoms with Gasteiger partial charge in [-0.3, -0.25) is 4.79 Å². The summed E-state index contributed by atoms with van der Waals surface area (Å²) in [6, 6.07) is 13.8. The van der Waals surface area contributed by atoms with E-state index in [1.54, 1.807) is 55.5 Å². The Kier molecular flexibility index (Phi) is 5.98. The van der Waals surface area contributed by atoms with Gasteiger partial charge in [0.1, 0.15) is 0 Å². The number of carbonyl (C=O) groups excluding carboxylic acids is 1. The summed E-state index contributed by atoms with van der Waals surface area (Å²) in [7, 11) is 0.141. The number of methoxy groups -OCH3 is 1. The lowest BCUT2D eigenvalue weighted by molar-refractivity contribution is 0.0742. The first-order valence-electron chi connectivity index (χ1n) is 7.89. The van der Waals surface area contributed by atoms with Gasteiger partial charge < -0.3 is 9.64 Å². The van der Waals surface area contributed by atoms with Crippen molar-refractivity contribution in [3.8, 4) is 0 Å². The molecule has 134 valence electrons. The Hall–Kier alpha value is -2.18. The van der Waals surface area contributed by atoms with Crippen molar-refractivity contribution in [1.29, 1.82) is 0 Å². The molecular formula is C19H23NO4S. The first-order chi connectivity index (χ1) is 11.7. The summed E-state index contributed by atoms with van der Waals surface area (Å²) in [6.45, 7) is 2.42. The minimum absolute atomic E-state index is 0.0938. The number of sulfone groups is 1. The molecule has 0 spiro atoms. The molecule has 1 unspecified atom stereocenters. The topological polar surface area (TPSA) is 63.7 Å². The molecule has 0 heterocycles. The molecule has 1 amide bonds. The Morgan fingerprint density at radius 3 is 2.12 bits per heavy atom. The van der Waals surface area contributed by atoms with Gasteiger partial charge in [-0.05, 0) is 42.3 Å². The molecule has 0 aliphatic carbocycles. The second-order valence-corrected chi connectivity index (χ2v) is 8.08. The quantitative estimate of drug-likeness (QED) is 0.793. The summed E-state index contributed by atoms with van der Waals surface area (Å²) in [5, 5.41) is 0. The van der Waals surface area contributed by atoms with Crippen molar-refractivity contribution in [2.24, 2.45) is 0 Å². The maximum atomic E-state index is 12.7. The highest BCUT2D eigenvalue weighted by Crippen LogP contribution is 2.22. The molecule has 0 bridgehead atoms. The zero-order valence-corrected chi connectivity index (χ0v) is 15.7. The van der Waals surface area contributed by atoms with Crippen molar-refractivity contribution in [2.75, 3.05) is 20.4 Å². The fourth-order valence-corrected chi connectivity index (χ4v) is 3.14. The normalized spacial score (nSPS) is 12.6. The van der Waals surface area contributed by atoms with Gasteiger partial charge in [-0.2, -0.15) is 0 Å². The van der Waals surface area contributed by atoms with Gasteiger partial charge in [0.2, 0.25) is 0 Å². The SMILES string of the molecule is COCc1ccc(C(=O)N(C)C(C)c2ccc(S(C)(=O)=O)cc2)cc1. The number of rotatable bonds is 6. The van der Waals surface area contributed by atoms with Crippen LogP contribution in [-0.2, 0) is 21.2 Å². The third kappa shape index (κ3) is 4.67. The van der Waals surface area contributed by atoms with Crippen LogP contribution in [0.2, 0.25) is 0 Å². The van der Waals surface area contributed by atoms with E-state index in [0.29, 0.717) is 12.2 Å². The van der Waals surface area contributed by atoms with Crippen LogP contribution in [0, 0.1) is 0 Å². The second kappa shape index (κ2) is 7.80. The maximum absolute atomic E-state index is 12.7. The van der Waals surface area contributed by atoms with Gasteiger partial charge in [0.25, 0.3) is 5.91 Å². The van der Waals surface area contributed by atoms with Crippen LogP contribution in [0.5, 0.6) is 0 Å². The molecule has 6 heteroatoms. The highest BCUT2D eigenvalue weighted by Gasteiger charge is 2.19. The Balaban J connectivity index is 2.15. The van der Waals surface area contributed by atoms with E-state index >= 15 is 0 Å². The molecule has 2 aromatic rings. The van der Waals surface area contributed by atoms with Gasteiger partial charge in [-0.15, -0.1) is 0 Å². The third-order valence-corrected chi connectivity index (χ3v) is 5.33. The molecule has 1 atom stereocenters. The van der Waals surface area contributed by atoms with E-state index in [9.17, 15) is 13.2 Å². The number of hydrogen-bond acceptors (Lipinski definition) is 4. The molecule has 0 radical (unpaired) electrons. The summed E-state index contributed by atoms with van der Waals surface area (Å²) in [6.07, 6.45) is 1.17. The number of hydrogen-bond donors (Lipinski definition) is 0. The summed E-state index contributed by atoms with van der Waals surface area (Å²) in [5.41, 5.74) is 2.48. The monoisotopic (exact) mass is 361 g/mol. The van der Waals surface area contributed by atoms with Crippen molar-refractivity contribution < 1.29 is 17.9 Å². The van der Waals surface area contributed by atoms with E-state index in [0.717, 1.165) is 11.1 Å². The van der Waals surface area contributed by atoms with E-state index in [2.05, 4.69) is 0 Å². The van der Waals surface area contributed by atoms with Crippen molar-refractivity contribution >= 4 is 15.7 Å². The molecule has 0 aliphatic rings. The van der Waals surface area contributed by atoms with Crippen LogP contribution in [0.1, 0.15) is 34.5 Å². The number of benzene rings is 2. The Morgan fingerprint density at radius 1 is 1.08 bits per heavy atom. The van der Waals surface area contributed by atoms with E-state index in [1.807, 2.05) is 19.1 Å². The number of carbonyl (C=O) groups is 1. The molecular weight excluding hydrogens is 338 g/mol. The van der Waals surface area contributed by atoms with Crippen LogP contribution in [0.4, 0.5) is 0 Å². The summed E-state index contributed by atoms with van der Waals surface area (Å²) >= 11 is 0. The fourth-order valence-electron chi connectivity index (χ4n) is 2.51. The minimum Gasteiger partial charge on any atom is -0.380 e. The lowest BCUT2D eigenvalue weighted by Gasteiger charge is -2.25. The van der Waals surface area contributed by atoms with Crippen LogP contribution >= 0.6 is 0 Å². The average Bonchev–Trinajstić information content (AvgIpc) is 2.60. The minimum atomic E-state index is -3.22. The molecule has 2 rings (SSSR count). The molecule has 5 nitrogen and oxygen atoms in total. The lowest BCUT2D eigenvalue weighted by atomic mass is 10.1. The summed E-state index contributed by atoms with van der Waals surface area (Å²) in [5.74, 6) is -0.0938. The summed E-state index contributed by atoms with van der Waals surface area (Å²) in [4.78, 5) is 14.6. The summed E-state index contributed by atoms with van der Waals surface area (Å²) < 4.78 is 28.2. The van der Waals surface area contributed by atoms with E-state index in [1.165, 1.54) is 6.26 Å². The Labute approximate surface area is 149 Å². The smallest absolute Gasteiger partial charge is 0.254 e. The number of ether oxygens (including phenoxy) is 1. The lowest BCUT2D eigenvalue weighted by Crippen LogP contribution is -2.29. The second-order valence-electron chi connectivity index (χ2n) is 6.06. The third-order valence-electron chi connectivity index (χ3n) is 4.20. The maximum Gasteiger partial charge on any atom is 0.254 e.